The van der Waals surface area contributed by atoms with Gasteiger partial charge in [0.15, 0.2) is 5.78 Å². The van der Waals surface area contributed by atoms with E-state index in [2.05, 4.69) is 5.32 Å². The van der Waals surface area contributed by atoms with Crippen molar-refractivity contribution in [3.8, 4) is 5.75 Å². The minimum atomic E-state index is -0.490. The molecule has 1 aliphatic carbocycles. The Morgan fingerprint density at radius 2 is 1.54 bits per heavy atom. The molecule has 0 spiro atoms. The molecule has 3 N–H and O–H groups in total. The predicted octanol–water partition coefficient (Wildman–Crippen LogP) is 3.33. The number of ketones is 1. The van der Waals surface area contributed by atoms with Crippen molar-refractivity contribution in [1.82, 2.24) is 0 Å². The number of aliphatic hydroxyl groups is 1. The molecule has 0 saturated heterocycles. The zero-order chi connectivity index (χ0) is 19.6. The van der Waals surface area contributed by atoms with E-state index >= 15 is 0 Å². The molecule has 1 atom stereocenters. The number of ether oxygens (including phenoxy) is 1. The van der Waals surface area contributed by atoms with E-state index in [-0.39, 0.29) is 12.4 Å². The maximum Gasteiger partial charge on any atom is 0.193 e. The minimum absolute atomic E-state index is 0.000912. The Balaban J connectivity index is 1.42. The fourth-order valence-electron chi connectivity index (χ4n) is 3.79. The summed E-state index contributed by atoms with van der Waals surface area (Å²) in [4.78, 5) is 12.4. The molecule has 150 valence electrons. The molecule has 0 aromatic heterocycles. The van der Waals surface area contributed by atoms with Crippen LogP contribution >= 0.6 is 0 Å². The SMILES string of the molecule is O=C(c1ccccc1)c1ccc(OC[C@@H](O)C[NH2+]C2CCCCCCC2)cc1. The summed E-state index contributed by atoms with van der Waals surface area (Å²) in [6, 6.07) is 17.0. The van der Waals surface area contributed by atoms with Gasteiger partial charge in [0.2, 0.25) is 0 Å². The van der Waals surface area contributed by atoms with Crippen LogP contribution in [0.3, 0.4) is 0 Å². The van der Waals surface area contributed by atoms with E-state index in [9.17, 15) is 9.90 Å². The molecule has 28 heavy (non-hydrogen) atoms. The number of carbonyl (C=O) groups excluding carboxylic acids is 1. The van der Waals surface area contributed by atoms with Crippen molar-refractivity contribution >= 4 is 5.78 Å². The van der Waals surface area contributed by atoms with Crippen LogP contribution in [0.1, 0.15) is 60.9 Å². The van der Waals surface area contributed by atoms with Gasteiger partial charge in [-0.05, 0) is 49.9 Å². The third-order valence-corrected chi connectivity index (χ3v) is 5.49. The highest BCUT2D eigenvalue weighted by Crippen LogP contribution is 2.16. The van der Waals surface area contributed by atoms with Gasteiger partial charge in [0.1, 0.15) is 25.0 Å². The van der Waals surface area contributed by atoms with Gasteiger partial charge in [-0.15, -0.1) is 0 Å². The third kappa shape index (κ3) is 6.47. The molecule has 0 unspecified atom stereocenters. The lowest BCUT2D eigenvalue weighted by Gasteiger charge is -2.20. The van der Waals surface area contributed by atoms with Crippen molar-refractivity contribution in [2.75, 3.05) is 13.2 Å². The Bertz CT molecular complexity index is 706. The predicted molar refractivity (Wildman–Crippen MR) is 111 cm³/mol. The van der Waals surface area contributed by atoms with Gasteiger partial charge in [-0.3, -0.25) is 4.79 Å². The smallest absolute Gasteiger partial charge is 0.193 e. The number of nitrogens with two attached hydrogens (primary N) is 1. The second-order valence-electron chi connectivity index (χ2n) is 7.76. The first-order valence-corrected chi connectivity index (χ1v) is 10.6. The Labute approximate surface area is 167 Å². The molecule has 0 bridgehead atoms. The van der Waals surface area contributed by atoms with Crippen molar-refractivity contribution in [3.05, 3.63) is 65.7 Å². The quantitative estimate of drug-likeness (QED) is 0.689. The average molecular weight is 383 g/mol. The topological polar surface area (TPSA) is 63.1 Å². The van der Waals surface area contributed by atoms with Crippen molar-refractivity contribution < 1.29 is 20.0 Å². The summed E-state index contributed by atoms with van der Waals surface area (Å²) < 4.78 is 5.71. The maximum absolute atomic E-state index is 12.4. The fraction of sp³-hybridized carbons (Fsp3) is 0.458. The first-order valence-electron chi connectivity index (χ1n) is 10.6. The summed E-state index contributed by atoms with van der Waals surface area (Å²) in [5.41, 5.74) is 1.31. The van der Waals surface area contributed by atoms with Crippen LogP contribution in [0, 0.1) is 0 Å². The van der Waals surface area contributed by atoms with Crippen molar-refractivity contribution in [2.45, 2.75) is 57.1 Å². The number of hydrogen-bond donors (Lipinski definition) is 2. The van der Waals surface area contributed by atoms with Crippen molar-refractivity contribution in [1.29, 1.82) is 0 Å². The van der Waals surface area contributed by atoms with E-state index in [0.29, 0.717) is 29.5 Å². The van der Waals surface area contributed by atoms with E-state index in [1.807, 2.05) is 30.3 Å². The largest absolute Gasteiger partial charge is 0.491 e. The molecule has 4 nitrogen and oxygen atoms in total. The van der Waals surface area contributed by atoms with E-state index in [4.69, 9.17) is 4.74 Å². The number of rotatable bonds is 8. The van der Waals surface area contributed by atoms with Crippen LogP contribution in [0.4, 0.5) is 0 Å². The highest BCUT2D eigenvalue weighted by molar-refractivity contribution is 6.08. The average Bonchev–Trinajstić information content (AvgIpc) is 2.72. The minimum Gasteiger partial charge on any atom is -0.491 e. The number of aliphatic hydroxyl groups excluding tert-OH is 1. The molecule has 1 saturated carbocycles. The molecular weight excluding hydrogens is 350 g/mol. The number of hydrogen-bond acceptors (Lipinski definition) is 3. The highest BCUT2D eigenvalue weighted by Gasteiger charge is 2.16. The molecule has 2 aromatic carbocycles. The van der Waals surface area contributed by atoms with Gasteiger partial charge in [-0.2, -0.15) is 0 Å². The molecule has 4 heteroatoms. The van der Waals surface area contributed by atoms with E-state index in [1.165, 1.54) is 44.9 Å². The highest BCUT2D eigenvalue weighted by atomic mass is 16.5. The number of benzene rings is 2. The van der Waals surface area contributed by atoms with Crippen LogP contribution in [-0.2, 0) is 0 Å². The van der Waals surface area contributed by atoms with Crippen LogP contribution < -0.4 is 10.1 Å². The van der Waals surface area contributed by atoms with Gasteiger partial charge in [0.25, 0.3) is 0 Å². The molecule has 3 rings (SSSR count). The standard InChI is InChI=1S/C24H31NO3/c26-22(17-25-21-11-7-2-1-3-8-12-21)18-28-23-15-13-20(14-16-23)24(27)19-9-5-4-6-10-19/h4-6,9-10,13-16,21-22,25-26H,1-3,7-8,11-12,17-18H2/p+1/t22-/m0/s1. The number of quaternary nitrogens is 1. The lowest BCUT2D eigenvalue weighted by molar-refractivity contribution is -0.696. The van der Waals surface area contributed by atoms with Gasteiger partial charge in [-0.1, -0.05) is 49.6 Å². The van der Waals surface area contributed by atoms with Crippen LogP contribution in [0.15, 0.2) is 54.6 Å². The second kappa shape index (κ2) is 11.0. The molecule has 1 aliphatic rings. The van der Waals surface area contributed by atoms with Gasteiger partial charge >= 0.3 is 0 Å². The van der Waals surface area contributed by atoms with Crippen LogP contribution in [0.2, 0.25) is 0 Å². The van der Waals surface area contributed by atoms with E-state index in [1.54, 1.807) is 24.3 Å². The van der Waals surface area contributed by atoms with Crippen LogP contribution in [-0.4, -0.2) is 36.2 Å². The Morgan fingerprint density at radius 1 is 0.929 bits per heavy atom. The van der Waals surface area contributed by atoms with E-state index in [0.717, 1.165) is 0 Å². The van der Waals surface area contributed by atoms with Crippen molar-refractivity contribution in [3.63, 3.8) is 0 Å². The molecule has 2 aromatic rings. The molecule has 0 amide bonds. The molecule has 1 fully saturated rings. The summed E-state index contributed by atoms with van der Waals surface area (Å²) >= 11 is 0. The van der Waals surface area contributed by atoms with Crippen LogP contribution in [0.5, 0.6) is 5.75 Å². The molecule has 0 heterocycles. The Kier molecular flexibility index (Phi) is 8.07. The van der Waals surface area contributed by atoms with Gasteiger partial charge in [-0.25, -0.2) is 0 Å². The Morgan fingerprint density at radius 3 is 2.21 bits per heavy atom. The lowest BCUT2D eigenvalue weighted by Crippen LogP contribution is -2.92. The number of carbonyl (C=O) groups is 1. The Hall–Kier alpha value is -2.17. The maximum atomic E-state index is 12.4. The van der Waals surface area contributed by atoms with E-state index < -0.39 is 6.10 Å². The zero-order valence-electron chi connectivity index (χ0n) is 16.6. The second-order valence-corrected chi connectivity index (χ2v) is 7.76. The van der Waals surface area contributed by atoms with Crippen molar-refractivity contribution in [2.24, 2.45) is 0 Å². The monoisotopic (exact) mass is 382 g/mol. The molecule has 0 radical (unpaired) electrons. The first-order chi connectivity index (χ1) is 13.7. The summed E-state index contributed by atoms with van der Waals surface area (Å²) in [7, 11) is 0. The summed E-state index contributed by atoms with van der Waals surface area (Å²) in [6.45, 7) is 0.949. The summed E-state index contributed by atoms with van der Waals surface area (Å²) in [5, 5.41) is 12.5. The third-order valence-electron chi connectivity index (χ3n) is 5.49. The normalized spacial score (nSPS) is 16.8. The van der Waals surface area contributed by atoms with Gasteiger partial charge in [0.05, 0.1) is 6.04 Å². The first kappa shape index (κ1) is 20.6. The molecule has 0 aliphatic heterocycles. The zero-order valence-corrected chi connectivity index (χ0v) is 16.6. The summed E-state index contributed by atoms with van der Waals surface area (Å²) in [6.07, 6.45) is 8.70. The van der Waals surface area contributed by atoms with Gasteiger partial charge in [0, 0.05) is 11.1 Å². The lowest BCUT2D eigenvalue weighted by atomic mass is 9.96. The molecular formula is C24H32NO3+. The van der Waals surface area contributed by atoms with Crippen LogP contribution in [0.25, 0.3) is 0 Å². The van der Waals surface area contributed by atoms with Gasteiger partial charge < -0.3 is 15.2 Å². The fourth-order valence-corrected chi connectivity index (χ4v) is 3.79. The summed E-state index contributed by atoms with van der Waals surface area (Å²) in [5.74, 6) is 0.676.